The van der Waals surface area contributed by atoms with Gasteiger partial charge < -0.3 is 20.1 Å². The van der Waals surface area contributed by atoms with Crippen LogP contribution >= 0.6 is 11.3 Å². The second-order valence-electron chi connectivity index (χ2n) is 7.43. The summed E-state index contributed by atoms with van der Waals surface area (Å²) in [5.41, 5.74) is 0.189. The molecule has 2 heterocycles. The van der Waals surface area contributed by atoms with Crippen molar-refractivity contribution in [3.05, 3.63) is 57.5 Å². The molecule has 0 bridgehead atoms. The average Bonchev–Trinajstić information content (AvgIpc) is 3.38. The Morgan fingerprint density at radius 2 is 1.97 bits per heavy atom. The molecule has 1 aliphatic rings. The van der Waals surface area contributed by atoms with Gasteiger partial charge >= 0.3 is 5.97 Å². The zero-order valence-electron chi connectivity index (χ0n) is 17.4. The largest absolute Gasteiger partial charge is 0.456 e. The number of nitrogens with zero attached hydrogens (tertiary/aromatic N) is 1. The molecule has 2 unspecified atom stereocenters. The minimum absolute atomic E-state index is 0.0180. The summed E-state index contributed by atoms with van der Waals surface area (Å²) in [7, 11) is 0. The van der Waals surface area contributed by atoms with Crippen molar-refractivity contribution in [2.75, 3.05) is 13.2 Å². The fourth-order valence-corrected chi connectivity index (χ4v) is 4.23. The van der Waals surface area contributed by atoms with Gasteiger partial charge in [-0.05, 0) is 23.8 Å². The third-order valence-corrected chi connectivity index (χ3v) is 6.09. The van der Waals surface area contributed by atoms with Gasteiger partial charge in [-0.15, -0.1) is 11.3 Å². The van der Waals surface area contributed by atoms with Crippen molar-refractivity contribution < 1.29 is 33.4 Å². The fraction of sp³-hybridized carbons (Fsp3) is 0.364. The lowest BCUT2D eigenvalue weighted by Gasteiger charge is -2.23. The summed E-state index contributed by atoms with van der Waals surface area (Å²) in [5, 5.41) is 12.6. The Morgan fingerprint density at radius 1 is 1.22 bits per heavy atom. The Labute approximate surface area is 188 Å². The van der Waals surface area contributed by atoms with Crippen LogP contribution in [0.4, 0.5) is 4.39 Å². The molecule has 1 aromatic heterocycles. The maximum absolute atomic E-state index is 13.9. The van der Waals surface area contributed by atoms with E-state index in [0.717, 1.165) is 4.88 Å². The maximum Gasteiger partial charge on any atom is 0.329 e. The van der Waals surface area contributed by atoms with Crippen LogP contribution in [0.1, 0.15) is 33.5 Å². The number of likely N-dealkylation sites (tertiary alicyclic amines) is 1. The predicted molar refractivity (Wildman–Crippen MR) is 113 cm³/mol. The molecule has 2 aromatic rings. The first-order valence-corrected chi connectivity index (χ1v) is 10.8. The van der Waals surface area contributed by atoms with E-state index in [2.05, 4.69) is 5.32 Å². The number of halogens is 1. The van der Waals surface area contributed by atoms with Crippen LogP contribution in [0, 0.1) is 5.82 Å². The molecule has 0 radical (unpaired) electrons. The summed E-state index contributed by atoms with van der Waals surface area (Å²) in [6.07, 6.45) is -1.19. The first-order chi connectivity index (χ1) is 15.2. The van der Waals surface area contributed by atoms with Crippen LogP contribution in [-0.2, 0) is 32.1 Å². The molecule has 170 valence electrons. The number of Topliss-reactive ketones (excluding diaryl/α,β-unsaturated/α-hetero) is 1. The normalized spacial score (nSPS) is 17.8. The van der Waals surface area contributed by atoms with Gasteiger partial charge in [0.1, 0.15) is 11.9 Å². The molecule has 0 aliphatic carbocycles. The maximum atomic E-state index is 13.9. The highest BCUT2D eigenvalue weighted by molar-refractivity contribution is 7.14. The number of ketones is 1. The van der Waals surface area contributed by atoms with Crippen molar-refractivity contribution in [1.82, 2.24) is 10.2 Å². The molecular weight excluding hydrogens is 439 g/mol. The molecule has 0 spiro atoms. The zero-order chi connectivity index (χ0) is 23.3. The number of aliphatic hydroxyl groups is 1. The molecule has 3 rings (SSSR count). The van der Waals surface area contributed by atoms with Crippen molar-refractivity contribution in [3.8, 4) is 0 Å². The second-order valence-corrected chi connectivity index (χ2v) is 8.59. The van der Waals surface area contributed by atoms with Crippen LogP contribution in [0.3, 0.4) is 0 Å². The number of rotatable bonds is 8. The molecule has 1 aromatic carbocycles. The van der Waals surface area contributed by atoms with E-state index < -0.39 is 42.2 Å². The summed E-state index contributed by atoms with van der Waals surface area (Å²) >= 11 is 1.18. The molecule has 2 N–H and O–H groups in total. The van der Waals surface area contributed by atoms with E-state index in [4.69, 9.17) is 4.74 Å². The lowest BCUT2D eigenvalue weighted by atomic mass is 10.1. The molecular formula is C22H23FN2O6S. The van der Waals surface area contributed by atoms with E-state index in [1.165, 1.54) is 41.4 Å². The van der Waals surface area contributed by atoms with E-state index in [-0.39, 0.29) is 30.9 Å². The standard InChI is InChI=1S/C22H23FN2O6S/c1-13(26)24-10-16-6-7-20(32-16)19(28)12-31-22(30)18-9-15(27)11-25(18)21(29)8-14-4-2-3-5-17(14)23/h2-7,15,18,27H,8-12H2,1H3,(H,24,26). The van der Waals surface area contributed by atoms with Gasteiger partial charge in [0, 0.05) is 24.8 Å². The smallest absolute Gasteiger partial charge is 0.329 e. The summed E-state index contributed by atoms with van der Waals surface area (Å²) in [4.78, 5) is 50.8. The van der Waals surface area contributed by atoms with E-state index in [1.54, 1.807) is 18.2 Å². The van der Waals surface area contributed by atoms with Crippen LogP contribution in [0.2, 0.25) is 0 Å². The van der Waals surface area contributed by atoms with Crippen LogP contribution in [0.5, 0.6) is 0 Å². The van der Waals surface area contributed by atoms with Crippen molar-refractivity contribution in [2.24, 2.45) is 0 Å². The van der Waals surface area contributed by atoms with Crippen LogP contribution in [-0.4, -0.2) is 58.9 Å². The Kier molecular flexibility index (Phi) is 7.70. The lowest BCUT2D eigenvalue weighted by Crippen LogP contribution is -2.42. The van der Waals surface area contributed by atoms with Crippen molar-refractivity contribution in [2.45, 2.75) is 38.5 Å². The van der Waals surface area contributed by atoms with E-state index >= 15 is 0 Å². The highest BCUT2D eigenvalue weighted by atomic mass is 32.1. The van der Waals surface area contributed by atoms with Gasteiger partial charge in [0.25, 0.3) is 0 Å². The Morgan fingerprint density at radius 3 is 2.69 bits per heavy atom. The number of β-amino-alcohol motifs (C(OH)–C–C–N with tert-alkyl or cyclic N) is 1. The molecule has 32 heavy (non-hydrogen) atoms. The number of nitrogens with one attached hydrogen (secondary N) is 1. The van der Waals surface area contributed by atoms with Gasteiger partial charge in [-0.3, -0.25) is 14.4 Å². The van der Waals surface area contributed by atoms with Gasteiger partial charge in [0.05, 0.1) is 23.9 Å². The summed E-state index contributed by atoms with van der Waals surface area (Å²) in [6, 6.07) is 8.08. The Hall–Kier alpha value is -3.11. The topological polar surface area (TPSA) is 113 Å². The van der Waals surface area contributed by atoms with Gasteiger partial charge in [0.15, 0.2) is 6.61 Å². The molecule has 8 nitrogen and oxygen atoms in total. The zero-order valence-corrected chi connectivity index (χ0v) is 18.2. The highest BCUT2D eigenvalue weighted by Crippen LogP contribution is 2.22. The predicted octanol–water partition coefficient (Wildman–Crippen LogP) is 1.45. The summed E-state index contributed by atoms with van der Waals surface area (Å²) < 4.78 is 19.0. The van der Waals surface area contributed by atoms with Gasteiger partial charge in [-0.25, -0.2) is 9.18 Å². The Bertz CT molecular complexity index is 1020. The van der Waals surface area contributed by atoms with Crippen molar-refractivity contribution in [3.63, 3.8) is 0 Å². The SMILES string of the molecule is CC(=O)NCc1ccc(C(=O)COC(=O)C2CC(O)CN2C(=O)Cc2ccccc2F)s1. The van der Waals surface area contributed by atoms with Crippen molar-refractivity contribution in [1.29, 1.82) is 0 Å². The van der Waals surface area contributed by atoms with Gasteiger partial charge in [-0.1, -0.05) is 18.2 Å². The fourth-order valence-electron chi connectivity index (χ4n) is 3.36. The molecule has 1 aliphatic heterocycles. The molecule has 10 heteroatoms. The minimum Gasteiger partial charge on any atom is -0.456 e. The third-order valence-electron chi connectivity index (χ3n) is 4.96. The quantitative estimate of drug-likeness (QED) is 0.454. The summed E-state index contributed by atoms with van der Waals surface area (Å²) in [5.74, 6) is -2.44. The minimum atomic E-state index is -1.05. The number of hydrogen-bond donors (Lipinski definition) is 2. The average molecular weight is 462 g/mol. The first-order valence-electron chi connectivity index (χ1n) is 9.98. The van der Waals surface area contributed by atoms with Crippen LogP contribution < -0.4 is 5.32 Å². The number of aliphatic hydroxyl groups excluding tert-OH is 1. The number of benzene rings is 1. The number of thiophene rings is 1. The van der Waals surface area contributed by atoms with Crippen LogP contribution in [0.25, 0.3) is 0 Å². The summed E-state index contributed by atoms with van der Waals surface area (Å²) in [6.45, 7) is 1.11. The van der Waals surface area contributed by atoms with Gasteiger partial charge in [-0.2, -0.15) is 0 Å². The van der Waals surface area contributed by atoms with Crippen LogP contribution in [0.15, 0.2) is 36.4 Å². The Balaban J connectivity index is 1.57. The number of ether oxygens (including phenoxy) is 1. The van der Waals surface area contributed by atoms with E-state index in [9.17, 15) is 28.7 Å². The molecule has 2 amide bonds. The number of amides is 2. The first kappa shape index (κ1) is 23.6. The van der Waals surface area contributed by atoms with E-state index in [1.807, 2.05) is 0 Å². The molecule has 2 atom stereocenters. The third kappa shape index (κ3) is 5.98. The molecule has 1 fully saturated rings. The number of hydrogen-bond acceptors (Lipinski definition) is 7. The highest BCUT2D eigenvalue weighted by Gasteiger charge is 2.40. The molecule has 0 saturated carbocycles. The second kappa shape index (κ2) is 10.5. The van der Waals surface area contributed by atoms with Crippen molar-refractivity contribution >= 4 is 34.9 Å². The number of esters is 1. The number of carbonyl (C=O) groups is 4. The van der Waals surface area contributed by atoms with E-state index in [0.29, 0.717) is 11.4 Å². The van der Waals surface area contributed by atoms with Gasteiger partial charge in [0.2, 0.25) is 17.6 Å². The number of carbonyl (C=O) groups excluding carboxylic acids is 4. The molecule has 1 saturated heterocycles. The lowest BCUT2D eigenvalue weighted by molar-refractivity contribution is -0.152. The monoisotopic (exact) mass is 462 g/mol.